The van der Waals surface area contributed by atoms with Crippen LogP contribution in [0, 0.1) is 5.41 Å². The second-order valence-corrected chi connectivity index (χ2v) is 9.74. The van der Waals surface area contributed by atoms with E-state index in [0.29, 0.717) is 13.1 Å². The van der Waals surface area contributed by atoms with E-state index in [1.165, 1.54) is 6.26 Å². The average Bonchev–Trinajstić information content (AvgIpc) is 2.72. The molecule has 2 saturated heterocycles. The zero-order chi connectivity index (χ0) is 17.1. The van der Waals surface area contributed by atoms with E-state index < -0.39 is 9.84 Å². The molecule has 1 amide bonds. The fraction of sp³-hybridized carbons (Fsp3) is 0.938. The molecule has 0 spiro atoms. The zero-order valence-corrected chi connectivity index (χ0v) is 15.6. The summed E-state index contributed by atoms with van der Waals surface area (Å²) in [6.45, 7) is 7.80. The Labute approximate surface area is 140 Å². The van der Waals surface area contributed by atoms with Crippen LogP contribution in [0.25, 0.3) is 0 Å². The molecule has 0 atom stereocenters. The molecule has 2 aliphatic rings. The normalized spacial score (nSPS) is 24.4. The number of likely N-dealkylation sites (tertiary alicyclic amines) is 1. The lowest BCUT2D eigenvalue weighted by Crippen LogP contribution is -2.49. The fourth-order valence-electron chi connectivity index (χ4n) is 3.40. The van der Waals surface area contributed by atoms with Gasteiger partial charge in [-0.25, -0.2) is 8.42 Å². The van der Waals surface area contributed by atoms with E-state index >= 15 is 0 Å². The first-order chi connectivity index (χ1) is 10.7. The molecule has 2 aliphatic heterocycles. The van der Waals surface area contributed by atoms with Crippen molar-refractivity contribution in [3.63, 3.8) is 0 Å². The summed E-state index contributed by atoms with van der Waals surface area (Å²) < 4.78 is 22.6. The zero-order valence-electron chi connectivity index (χ0n) is 14.8. The molecule has 6 nitrogen and oxygen atoms in total. The van der Waals surface area contributed by atoms with Gasteiger partial charge in [-0.05, 0) is 45.9 Å². The van der Waals surface area contributed by atoms with Gasteiger partial charge in [-0.3, -0.25) is 4.79 Å². The molecule has 0 unspecified atom stereocenters. The lowest BCUT2D eigenvalue weighted by Gasteiger charge is -2.39. The van der Waals surface area contributed by atoms with E-state index in [9.17, 15) is 13.2 Å². The second kappa shape index (κ2) is 7.49. The molecule has 0 aromatic rings. The highest BCUT2D eigenvalue weighted by Gasteiger charge is 2.39. The molecule has 0 aromatic carbocycles. The summed E-state index contributed by atoms with van der Waals surface area (Å²) in [5.74, 6) is 0.487. The second-order valence-electron chi connectivity index (χ2n) is 7.48. The third-order valence-corrected chi connectivity index (χ3v) is 6.19. The van der Waals surface area contributed by atoms with Gasteiger partial charge in [0, 0.05) is 37.8 Å². The van der Waals surface area contributed by atoms with Crippen LogP contribution in [-0.4, -0.2) is 93.9 Å². The van der Waals surface area contributed by atoms with Crippen LogP contribution in [0.3, 0.4) is 0 Å². The van der Waals surface area contributed by atoms with Crippen LogP contribution in [0.1, 0.15) is 26.2 Å². The third kappa shape index (κ3) is 5.43. The van der Waals surface area contributed by atoms with Crippen molar-refractivity contribution in [1.82, 2.24) is 14.7 Å². The molecule has 2 rings (SSSR count). The number of hydrogen-bond acceptors (Lipinski definition) is 5. The number of nitrogens with zero attached hydrogens (tertiary/aromatic N) is 3. The maximum atomic E-state index is 13.0. The average molecular weight is 346 g/mol. The first-order valence-electron chi connectivity index (χ1n) is 8.58. The SMILES string of the molecule is CN1CCC(C)(C(=O)N2CCCN(CCS(C)(=O)=O)CC2)CC1. The van der Waals surface area contributed by atoms with Gasteiger partial charge in [-0.1, -0.05) is 6.92 Å². The monoisotopic (exact) mass is 345 g/mol. The lowest BCUT2D eigenvalue weighted by molar-refractivity contribution is -0.143. The number of carbonyl (C=O) groups excluding carboxylic acids is 1. The minimum absolute atomic E-state index is 0.199. The van der Waals surface area contributed by atoms with Gasteiger partial charge in [0.2, 0.25) is 5.91 Å². The summed E-state index contributed by atoms with van der Waals surface area (Å²) in [4.78, 5) is 19.4. The van der Waals surface area contributed by atoms with Gasteiger partial charge < -0.3 is 14.7 Å². The number of carbonyl (C=O) groups is 1. The maximum absolute atomic E-state index is 13.0. The van der Waals surface area contributed by atoms with Crippen LogP contribution in [0.2, 0.25) is 0 Å². The highest BCUT2D eigenvalue weighted by Crippen LogP contribution is 2.32. The molecule has 2 fully saturated rings. The summed E-state index contributed by atoms with van der Waals surface area (Å²) in [5, 5.41) is 0. The molecular formula is C16H31N3O3S. The minimum Gasteiger partial charge on any atom is -0.341 e. The summed E-state index contributed by atoms with van der Waals surface area (Å²) in [5.41, 5.74) is -0.228. The Kier molecular flexibility index (Phi) is 6.08. The summed E-state index contributed by atoms with van der Waals surface area (Å²) >= 11 is 0. The van der Waals surface area contributed by atoms with E-state index in [1.807, 2.05) is 4.90 Å². The van der Waals surface area contributed by atoms with Gasteiger partial charge >= 0.3 is 0 Å². The Morgan fingerprint density at radius 2 is 1.70 bits per heavy atom. The molecule has 0 radical (unpaired) electrons. The predicted octanol–water partition coefficient (Wildman–Crippen LogP) is 0.297. The van der Waals surface area contributed by atoms with E-state index in [-0.39, 0.29) is 17.1 Å². The molecule has 23 heavy (non-hydrogen) atoms. The Morgan fingerprint density at radius 3 is 2.30 bits per heavy atom. The Bertz CT molecular complexity index is 513. The van der Waals surface area contributed by atoms with Crippen molar-refractivity contribution in [3.05, 3.63) is 0 Å². The summed E-state index contributed by atoms with van der Waals surface area (Å²) in [7, 11) is -0.817. The van der Waals surface area contributed by atoms with Crippen molar-refractivity contribution in [2.45, 2.75) is 26.2 Å². The molecule has 0 N–H and O–H groups in total. The Hall–Kier alpha value is -0.660. The largest absolute Gasteiger partial charge is 0.341 e. The van der Waals surface area contributed by atoms with Gasteiger partial charge in [-0.2, -0.15) is 0 Å². The smallest absolute Gasteiger partial charge is 0.228 e. The van der Waals surface area contributed by atoms with Crippen LogP contribution in [0.15, 0.2) is 0 Å². The molecule has 0 saturated carbocycles. The maximum Gasteiger partial charge on any atom is 0.228 e. The van der Waals surface area contributed by atoms with Gasteiger partial charge in [0.15, 0.2) is 0 Å². The molecule has 134 valence electrons. The van der Waals surface area contributed by atoms with E-state index in [0.717, 1.165) is 52.0 Å². The van der Waals surface area contributed by atoms with Crippen LogP contribution in [-0.2, 0) is 14.6 Å². The molecule has 2 heterocycles. The Balaban J connectivity index is 1.88. The van der Waals surface area contributed by atoms with Crippen LogP contribution >= 0.6 is 0 Å². The van der Waals surface area contributed by atoms with Crippen LogP contribution < -0.4 is 0 Å². The summed E-state index contributed by atoms with van der Waals surface area (Å²) in [6, 6.07) is 0. The predicted molar refractivity (Wildman–Crippen MR) is 92.2 cm³/mol. The number of hydrogen-bond donors (Lipinski definition) is 0. The number of piperidine rings is 1. The third-order valence-electron chi connectivity index (χ3n) is 5.26. The Morgan fingerprint density at radius 1 is 1.04 bits per heavy atom. The van der Waals surface area contributed by atoms with Crippen molar-refractivity contribution in [2.75, 3.05) is 64.9 Å². The van der Waals surface area contributed by atoms with Crippen molar-refractivity contribution in [3.8, 4) is 0 Å². The van der Waals surface area contributed by atoms with Crippen molar-refractivity contribution >= 4 is 15.7 Å². The number of amides is 1. The van der Waals surface area contributed by atoms with E-state index in [1.54, 1.807) is 0 Å². The first-order valence-corrected chi connectivity index (χ1v) is 10.6. The molecule has 0 aromatic heterocycles. The van der Waals surface area contributed by atoms with Crippen LogP contribution in [0.5, 0.6) is 0 Å². The van der Waals surface area contributed by atoms with E-state index in [2.05, 4.69) is 23.8 Å². The molecule has 7 heteroatoms. The van der Waals surface area contributed by atoms with Crippen molar-refractivity contribution in [2.24, 2.45) is 5.41 Å². The molecular weight excluding hydrogens is 314 g/mol. The summed E-state index contributed by atoms with van der Waals surface area (Å²) in [6.07, 6.45) is 4.06. The van der Waals surface area contributed by atoms with Crippen molar-refractivity contribution in [1.29, 1.82) is 0 Å². The topological polar surface area (TPSA) is 60.9 Å². The first kappa shape index (κ1) is 18.7. The highest BCUT2D eigenvalue weighted by atomic mass is 32.2. The van der Waals surface area contributed by atoms with Crippen molar-refractivity contribution < 1.29 is 13.2 Å². The quantitative estimate of drug-likeness (QED) is 0.733. The van der Waals surface area contributed by atoms with Gasteiger partial charge in [0.25, 0.3) is 0 Å². The molecule has 0 aliphatic carbocycles. The van der Waals surface area contributed by atoms with E-state index in [4.69, 9.17) is 0 Å². The number of rotatable bonds is 4. The fourth-order valence-corrected chi connectivity index (χ4v) is 3.99. The van der Waals surface area contributed by atoms with Gasteiger partial charge in [0.1, 0.15) is 9.84 Å². The standard InChI is InChI=1S/C16H31N3O3S/c1-16(5-9-17(2)10-6-16)15(20)19-8-4-7-18(11-12-19)13-14-23(3,21)22/h4-14H2,1-3H3. The minimum atomic E-state index is -2.92. The molecule has 0 bridgehead atoms. The van der Waals surface area contributed by atoms with Crippen LogP contribution in [0.4, 0.5) is 0 Å². The highest BCUT2D eigenvalue weighted by molar-refractivity contribution is 7.90. The lowest BCUT2D eigenvalue weighted by atomic mass is 9.79. The van der Waals surface area contributed by atoms with Gasteiger partial charge in [0.05, 0.1) is 5.75 Å². The number of sulfone groups is 1. The van der Waals surface area contributed by atoms with Gasteiger partial charge in [-0.15, -0.1) is 0 Å².